The SMILES string of the molecule is O=C(O)CN(CCn1ccnc1)c1ccccc1. The highest BCUT2D eigenvalue weighted by atomic mass is 16.4. The fourth-order valence-corrected chi connectivity index (χ4v) is 1.76. The fraction of sp³-hybridized carbons (Fsp3) is 0.231. The average Bonchev–Trinajstić information content (AvgIpc) is 2.88. The van der Waals surface area contributed by atoms with Crippen LogP contribution in [-0.2, 0) is 11.3 Å². The molecule has 0 unspecified atom stereocenters. The van der Waals surface area contributed by atoms with Gasteiger partial charge in [0.25, 0.3) is 0 Å². The molecule has 0 fully saturated rings. The average molecular weight is 245 g/mol. The van der Waals surface area contributed by atoms with Gasteiger partial charge in [0.05, 0.1) is 6.33 Å². The number of rotatable bonds is 6. The summed E-state index contributed by atoms with van der Waals surface area (Å²) >= 11 is 0. The zero-order valence-electron chi connectivity index (χ0n) is 9.94. The number of aromatic nitrogens is 2. The van der Waals surface area contributed by atoms with Crippen molar-refractivity contribution in [3.8, 4) is 0 Å². The third-order valence-corrected chi connectivity index (χ3v) is 2.63. The number of anilines is 1. The van der Waals surface area contributed by atoms with Crippen LogP contribution in [0.15, 0.2) is 49.1 Å². The van der Waals surface area contributed by atoms with E-state index in [9.17, 15) is 4.79 Å². The van der Waals surface area contributed by atoms with Crippen LogP contribution in [0, 0.1) is 0 Å². The highest BCUT2D eigenvalue weighted by Gasteiger charge is 2.10. The van der Waals surface area contributed by atoms with Gasteiger partial charge in [-0.3, -0.25) is 4.79 Å². The van der Waals surface area contributed by atoms with Crippen LogP contribution < -0.4 is 4.90 Å². The molecule has 0 saturated carbocycles. The van der Waals surface area contributed by atoms with Crippen molar-refractivity contribution in [3.63, 3.8) is 0 Å². The highest BCUT2D eigenvalue weighted by Crippen LogP contribution is 2.12. The van der Waals surface area contributed by atoms with Gasteiger partial charge in [-0.25, -0.2) is 4.98 Å². The normalized spacial score (nSPS) is 10.2. The smallest absolute Gasteiger partial charge is 0.323 e. The maximum absolute atomic E-state index is 10.9. The molecule has 5 heteroatoms. The molecule has 2 aromatic rings. The van der Waals surface area contributed by atoms with E-state index < -0.39 is 5.97 Å². The number of nitrogens with zero attached hydrogens (tertiary/aromatic N) is 3. The number of aliphatic carboxylic acids is 1. The summed E-state index contributed by atoms with van der Waals surface area (Å²) in [6.07, 6.45) is 5.30. The van der Waals surface area contributed by atoms with E-state index in [0.717, 1.165) is 5.69 Å². The van der Waals surface area contributed by atoms with Gasteiger partial charge in [0.2, 0.25) is 0 Å². The van der Waals surface area contributed by atoms with E-state index in [1.165, 1.54) is 0 Å². The van der Waals surface area contributed by atoms with E-state index in [1.807, 2.05) is 46.0 Å². The molecule has 0 saturated heterocycles. The monoisotopic (exact) mass is 245 g/mol. The van der Waals surface area contributed by atoms with E-state index in [-0.39, 0.29) is 6.54 Å². The van der Waals surface area contributed by atoms with Crippen LogP contribution in [0.2, 0.25) is 0 Å². The molecule has 0 aliphatic heterocycles. The zero-order valence-corrected chi connectivity index (χ0v) is 9.94. The first kappa shape index (κ1) is 12.2. The molecule has 0 aliphatic carbocycles. The second-order valence-electron chi connectivity index (χ2n) is 3.95. The van der Waals surface area contributed by atoms with Crippen molar-refractivity contribution in [2.75, 3.05) is 18.0 Å². The molecule has 0 spiro atoms. The van der Waals surface area contributed by atoms with Crippen LogP contribution in [0.25, 0.3) is 0 Å². The van der Waals surface area contributed by atoms with Crippen LogP contribution in [0.5, 0.6) is 0 Å². The van der Waals surface area contributed by atoms with Crippen LogP contribution >= 0.6 is 0 Å². The van der Waals surface area contributed by atoms with Gasteiger partial charge in [-0.05, 0) is 12.1 Å². The number of hydrogen-bond donors (Lipinski definition) is 1. The Kier molecular flexibility index (Phi) is 3.96. The molecular formula is C13H15N3O2. The molecule has 18 heavy (non-hydrogen) atoms. The quantitative estimate of drug-likeness (QED) is 0.837. The van der Waals surface area contributed by atoms with Gasteiger partial charge in [-0.1, -0.05) is 18.2 Å². The Balaban J connectivity index is 2.03. The van der Waals surface area contributed by atoms with Crippen LogP contribution in [0.1, 0.15) is 0 Å². The molecule has 1 N–H and O–H groups in total. The lowest BCUT2D eigenvalue weighted by molar-refractivity contribution is -0.135. The van der Waals surface area contributed by atoms with E-state index >= 15 is 0 Å². The van der Waals surface area contributed by atoms with Gasteiger partial charge in [0, 0.05) is 31.2 Å². The summed E-state index contributed by atoms with van der Waals surface area (Å²) in [5, 5.41) is 8.94. The Morgan fingerprint density at radius 3 is 2.72 bits per heavy atom. The van der Waals surface area contributed by atoms with Crippen LogP contribution in [0.3, 0.4) is 0 Å². The third-order valence-electron chi connectivity index (χ3n) is 2.63. The minimum atomic E-state index is -0.829. The first-order chi connectivity index (χ1) is 8.75. The number of carboxylic acids is 1. The summed E-state index contributed by atoms with van der Waals surface area (Å²) in [6.45, 7) is 1.34. The first-order valence-electron chi connectivity index (χ1n) is 5.73. The predicted molar refractivity (Wildman–Crippen MR) is 68.5 cm³/mol. The lowest BCUT2D eigenvalue weighted by Gasteiger charge is -2.22. The highest BCUT2D eigenvalue weighted by molar-refractivity contribution is 5.73. The van der Waals surface area contributed by atoms with Gasteiger partial charge >= 0.3 is 5.97 Å². The number of para-hydroxylation sites is 1. The molecule has 0 radical (unpaired) electrons. The van der Waals surface area contributed by atoms with E-state index in [1.54, 1.807) is 12.5 Å². The van der Waals surface area contributed by atoms with E-state index in [4.69, 9.17) is 5.11 Å². The second kappa shape index (κ2) is 5.86. The number of hydrogen-bond acceptors (Lipinski definition) is 3. The molecule has 94 valence electrons. The summed E-state index contributed by atoms with van der Waals surface area (Å²) < 4.78 is 1.93. The molecule has 0 bridgehead atoms. The van der Waals surface area contributed by atoms with Crippen molar-refractivity contribution < 1.29 is 9.90 Å². The van der Waals surface area contributed by atoms with Crippen molar-refractivity contribution in [3.05, 3.63) is 49.1 Å². The molecule has 1 heterocycles. The minimum Gasteiger partial charge on any atom is -0.480 e. The maximum atomic E-state index is 10.9. The Morgan fingerprint density at radius 1 is 1.33 bits per heavy atom. The Labute approximate surface area is 105 Å². The van der Waals surface area contributed by atoms with Crippen molar-refractivity contribution in [1.82, 2.24) is 9.55 Å². The summed E-state index contributed by atoms with van der Waals surface area (Å²) in [6, 6.07) is 9.55. The summed E-state index contributed by atoms with van der Waals surface area (Å²) in [5.74, 6) is -0.829. The predicted octanol–water partition coefficient (Wildman–Crippen LogP) is 1.47. The van der Waals surface area contributed by atoms with Crippen molar-refractivity contribution >= 4 is 11.7 Å². The minimum absolute atomic E-state index is 0.00128. The third kappa shape index (κ3) is 3.35. The van der Waals surface area contributed by atoms with Crippen molar-refractivity contribution in [1.29, 1.82) is 0 Å². The van der Waals surface area contributed by atoms with E-state index in [2.05, 4.69) is 4.98 Å². The van der Waals surface area contributed by atoms with E-state index in [0.29, 0.717) is 13.1 Å². The van der Waals surface area contributed by atoms with Gasteiger partial charge in [0.1, 0.15) is 6.54 Å². The number of imidazole rings is 1. The topological polar surface area (TPSA) is 58.4 Å². The standard InChI is InChI=1S/C13H15N3O2/c17-13(18)10-16(12-4-2-1-3-5-12)9-8-15-7-6-14-11-15/h1-7,11H,8-10H2,(H,17,18). The van der Waals surface area contributed by atoms with Gasteiger partial charge in [-0.2, -0.15) is 0 Å². The second-order valence-corrected chi connectivity index (χ2v) is 3.95. The Hall–Kier alpha value is -2.30. The number of carboxylic acid groups (broad SMARTS) is 1. The van der Waals surface area contributed by atoms with Crippen LogP contribution in [0.4, 0.5) is 5.69 Å². The largest absolute Gasteiger partial charge is 0.480 e. The molecule has 0 aliphatic rings. The summed E-state index contributed by atoms with van der Waals surface area (Å²) in [4.78, 5) is 16.7. The molecule has 1 aromatic heterocycles. The van der Waals surface area contributed by atoms with Gasteiger partial charge < -0.3 is 14.6 Å². The number of benzene rings is 1. The number of carbonyl (C=O) groups is 1. The Morgan fingerprint density at radius 2 is 2.11 bits per heavy atom. The lowest BCUT2D eigenvalue weighted by Crippen LogP contribution is -2.32. The molecule has 1 aromatic carbocycles. The maximum Gasteiger partial charge on any atom is 0.323 e. The molecule has 2 rings (SSSR count). The summed E-state index contributed by atoms with van der Waals surface area (Å²) in [5.41, 5.74) is 0.917. The molecule has 0 amide bonds. The van der Waals surface area contributed by atoms with Gasteiger partial charge in [-0.15, -0.1) is 0 Å². The van der Waals surface area contributed by atoms with Crippen molar-refractivity contribution in [2.45, 2.75) is 6.54 Å². The van der Waals surface area contributed by atoms with Crippen molar-refractivity contribution in [2.24, 2.45) is 0 Å². The fourth-order valence-electron chi connectivity index (χ4n) is 1.76. The van der Waals surface area contributed by atoms with Gasteiger partial charge in [0.15, 0.2) is 0 Å². The summed E-state index contributed by atoms with van der Waals surface area (Å²) in [7, 11) is 0. The zero-order chi connectivity index (χ0) is 12.8. The molecule has 5 nitrogen and oxygen atoms in total. The lowest BCUT2D eigenvalue weighted by atomic mass is 10.3. The molecule has 0 atom stereocenters. The Bertz CT molecular complexity index is 482. The molecular weight excluding hydrogens is 230 g/mol. The van der Waals surface area contributed by atoms with Crippen LogP contribution in [-0.4, -0.2) is 33.7 Å². The first-order valence-corrected chi connectivity index (χ1v) is 5.73.